The third kappa shape index (κ3) is 6.67. The van der Waals surface area contributed by atoms with Crippen LogP contribution < -0.4 is 10.6 Å². The summed E-state index contributed by atoms with van der Waals surface area (Å²) in [7, 11) is 0. The summed E-state index contributed by atoms with van der Waals surface area (Å²) in [5.41, 5.74) is 5.46. The summed E-state index contributed by atoms with van der Waals surface area (Å²) in [6.07, 6.45) is 5.01. The van der Waals surface area contributed by atoms with Crippen molar-refractivity contribution in [3.63, 3.8) is 0 Å². The van der Waals surface area contributed by atoms with E-state index in [1.807, 2.05) is 43.9 Å². The maximum Gasteiger partial charge on any atom is 0.326 e. The Kier molecular flexibility index (Phi) is 8.46. The largest absolute Gasteiger partial charge is 0.480 e. The van der Waals surface area contributed by atoms with Crippen LogP contribution in [0.25, 0.3) is 0 Å². The van der Waals surface area contributed by atoms with Crippen molar-refractivity contribution in [2.24, 2.45) is 5.92 Å². The van der Waals surface area contributed by atoms with E-state index >= 15 is 0 Å². The average molecular weight is 507 g/mol. The number of aliphatic carboxylic acids is 1. The molecule has 37 heavy (non-hydrogen) atoms. The summed E-state index contributed by atoms with van der Waals surface area (Å²) in [6.45, 7) is 7.88. The zero-order chi connectivity index (χ0) is 26.5. The van der Waals surface area contributed by atoms with E-state index in [2.05, 4.69) is 21.7 Å². The topological polar surface area (TPSA) is 112 Å². The zero-order valence-corrected chi connectivity index (χ0v) is 22.1. The summed E-state index contributed by atoms with van der Waals surface area (Å²) < 4.78 is 0. The number of pyridine rings is 1. The van der Waals surface area contributed by atoms with Gasteiger partial charge in [-0.2, -0.15) is 0 Å². The van der Waals surface area contributed by atoms with Crippen LogP contribution in [0.5, 0.6) is 0 Å². The third-order valence-electron chi connectivity index (χ3n) is 7.59. The van der Waals surface area contributed by atoms with Gasteiger partial charge in [0.1, 0.15) is 11.9 Å². The second-order valence-corrected chi connectivity index (χ2v) is 10.5. The van der Waals surface area contributed by atoms with Gasteiger partial charge >= 0.3 is 5.97 Å². The van der Waals surface area contributed by atoms with Crippen molar-refractivity contribution in [2.45, 2.75) is 71.8 Å². The van der Waals surface area contributed by atoms with Crippen molar-refractivity contribution in [3.8, 4) is 0 Å². The number of likely N-dealkylation sites (tertiary alicyclic amines) is 1. The molecule has 1 aromatic carbocycles. The number of rotatable bonds is 8. The molecule has 2 amide bonds. The quantitative estimate of drug-likeness (QED) is 0.502. The summed E-state index contributed by atoms with van der Waals surface area (Å²) in [5.74, 6) is -0.175. The molecule has 1 aromatic heterocycles. The van der Waals surface area contributed by atoms with Crippen LogP contribution in [0.3, 0.4) is 0 Å². The van der Waals surface area contributed by atoms with Gasteiger partial charge in [-0.3, -0.25) is 9.59 Å². The first-order valence-corrected chi connectivity index (χ1v) is 13.3. The lowest BCUT2D eigenvalue weighted by Gasteiger charge is -2.33. The molecule has 0 bridgehead atoms. The molecule has 3 N–H and O–H groups in total. The molecule has 1 fully saturated rings. The van der Waals surface area contributed by atoms with Crippen molar-refractivity contribution in [3.05, 3.63) is 57.8 Å². The number of carboxylic acids is 1. The highest BCUT2D eigenvalue weighted by Crippen LogP contribution is 2.24. The van der Waals surface area contributed by atoms with Crippen LogP contribution in [0.15, 0.2) is 24.3 Å². The van der Waals surface area contributed by atoms with Gasteiger partial charge in [-0.05, 0) is 88.0 Å². The molecule has 8 heteroatoms. The number of aromatic nitrogens is 1. The fourth-order valence-electron chi connectivity index (χ4n) is 5.64. The summed E-state index contributed by atoms with van der Waals surface area (Å²) in [4.78, 5) is 44.3. The Bertz CT molecular complexity index is 1150. The minimum atomic E-state index is -1.03. The average Bonchev–Trinajstić information content (AvgIpc) is 2.86. The van der Waals surface area contributed by atoms with Crippen LogP contribution in [0.1, 0.15) is 70.4 Å². The first-order valence-electron chi connectivity index (χ1n) is 13.3. The van der Waals surface area contributed by atoms with Crippen LogP contribution in [0.2, 0.25) is 0 Å². The van der Waals surface area contributed by atoms with Crippen molar-refractivity contribution < 1.29 is 19.5 Å². The highest BCUT2D eigenvalue weighted by molar-refractivity contribution is 5.99. The predicted molar refractivity (Wildman–Crippen MR) is 143 cm³/mol. The molecule has 3 heterocycles. The Hall–Kier alpha value is -3.42. The minimum Gasteiger partial charge on any atom is -0.480 e. The van der Waals surface area contributed by atoms with Gasteiger partial charge in [0.2, 0.25) is 5.91 Å². The highest BCUT2D eigenvalue weighted by atomic mass is 16.4. The number of carboxylic acid groups (broad SMARTS) is 1. The fraction of sp³-hybridized carbons (Fsp3) is 0.517. The maximum absolute atomic E-state index is 12.9. The lowest BCUT2D eigenvalue weighted by atomic mass is 9.89. The van der Waals surface area contributed by atoms with E-state index in [4.69, 9.17) is 0 Å². The van der Waals surface area contributed by atoms with E-state index < -0.39 is 12.0 Å². The van der Waals surface area contributed by atoms with Gasteiger partial charge in [0, 0.05) is 37.3 Å². The monoisotopic (exact) mass is 506 g/mol. The second-order valence-electron chi connectivity index (χ2n) is 10.5. The smallest absolute Gasteiger partial charge is 0.326 e. The molecule has 2 aromatic rings. The van der Waals surface area contributed by atoms with Gasteiger partial charge in [-0.1, -0.05) is 23.8 Å². The Balaban J connectivity index is 1.26. The summed E-state index contributed by atoms with van der Waals surface area (Å²) in [5, 5.41) is 15.9. The lowest BCUT2D eigenvalue weighted by Crippen LogP contribution is -2.45. The molecule has 0 radical (unpaired) electrons. The minimum absolute atomic E-state index is 0.110. The number of carbonyl (C=O) groups is 3. The van der Waals surface area contributed by atoms with E-state index in [-0.39, 0.29) is 17.7 Å². The van der Waals surface area contributed by atoms with Crippen molar-refractivity contribution in [2.75, 3.05) is 25.0 Å². The van der Waals surface area contributed by atoms with Crippen LogP contribution in [-0.4, -0.2) is 58.5 Å². The molecule has 0 aliphatic carbocycles. The molecule has 2 aliphatic rings. The first kappa shape index (κ1) is 26.6. The van der Waals surface area contributed by atoms with Crippen molar-refractivity contribution >= 4 is 23.6 Å². The van der Waals surface area contributed by atoms with Crippen LogP contribution >= 0.6 is 0 Å². The molecule has 0 spiro atoms. The molecule has 8 nitrogen and oxygen atoms in total. The number of hydrogen-bond acceptors (Lipinski definition) is 5. The van der Waals surface area contributed by atoms with E-state index in [9.17, 15) is 19.5 Å². The fourth-order valence-corrected chi connectivity index (χ4v) is 5.64. The lowest BCUT2D eigenvalue weighted by molar-refractivity contribution is -0.140. The Morgan fingerprint density at radius 2 is 1.84 bits per heavy atom. The number of benzene rings is 1. The molecule has 1 atom stereocenters. The van der Waals surface area contributed by atoms with Gasteiger partial charge < -0.3 is 20.6 Å². The Morgan fingerprint density at radius 1 is 1.14 bits per heavy atom. The van der Waals surface area contributed by atoms with E-state index in [1.54, 1.807) is 0 Å². The SMILES string of the molecule is Cc1cc(C)c(C(=O)NC(CC2CCN(C(=O)CCc3ccc4c(n3)NCCC4)CC2)C(=O)O)c(C)c1. The van der Waals surface area contributed by atoms with Crippen LogP contribution in [0.4, 0.5) is 5.82 Å². The second kappa shape index (κ2) is 11.8. The van der Waals surface area contributed by atoms with Gasteiger partial charge in [-0.25, -0.2) is 9.78 Å². The Morgan fingerprint density at radius 3 is 2.51 bits per heavy atom. The zero-order valence-electron chi connectivity index (χ0n) is 22.1. The highest BCUT2D eigenvalue weighted by Gasteiger charge is 2.29. The molecule has 1 unspecified atom stereocenters. The number of amides is 2. The van der Waals surface area contributed by atoms with E-state index in [0.29, 0.717) is 37.9 Å². The normalized spacial score (nSPS) is 16.5. The molecule has 0 saturated carbocycles. The van der Waals surface area contributed by atoms with Crippen LogP contribution in [-0.2, 0) is 22.4 Å². The van der Waals surface area contributed by atoms with E-state index in [1.165, 1.54) is 5.56 Å². The standard InChI is InChI=1S/C29H38N4O4/c1-18-15-19(2)26(20(3)16-18)28(35)32-24(29(36)37)17-21-10-13-33(14-11-21)25(34)9-8-23-7-6-22-5-4-12-30-27(22)31-23/h6-7,15-16,21,24H,4-5,8-14,17H2,1-3H3,(H,30,31)(H,32,35)(H,36,37). The van der Waals surface area contributed by atoms with Gasteiger partial charge in [-0.15, -0.1) is 0 Å². The molecule has 1 saturated heterocycles. The van der Waals surface area contributed by atoms with Gasteiger partial charge in [0.05, 0.1) is 0 Å². The van der Waals surface area contributed by atoms with E-state index in [0.717, 1.165) is 60.4 Å². The number of hydrogen-bond donors (Lipinski definition) is 3. The van der Waals surface area contributed by atoms with Crippen molar-refractivity contribution in [1.29, 1.82) is 0 Å². The number of carbonyl (C=O) groups excluding carboxylic acids is 2. The number of fused-ring (bicyclic) bond motifs is 1. The molecule has 198 valence electrons. The number of aryl methyl sites for hydroxylation is 5. The molecule has 2 aliphatic heterocycles. The number of nitrogens with zero attached hydrogens (tertiary/aromatic N) is 2. The van der Waals surface area contributed by atoms with Gasteiger partial charge in [0.15, 0.2) is 0 Å². The van der Waals surface area contributed by atoms with Gasteiger partial charge in [0.25, 0.3) is 5.91 Å². The number of nitrogens with one attached hydrogen (secondary N) is 2. The Labute approximate surface area is 218 Å². The predicted octanol–water partition coefficient (Wildman–Crippen LogP) is 3.81. The molecular weight excluding hydrogens is 468 g/mol. The number of anilines is 1. The number of piperidine rings is 1. The van der Waals surface area contributed by atoms with Crippen molar-refractivity contribution in [1.82, 2.24) is 15.2 Å². The summed E-state index contributed by atoms with van der Waals surface area (Å²) in [6, 6.07) is 7.04. The maximum atomic E-state index is 12.9. The molecule has 4 rings (SSSR count). The summed E-state index contributed by atoms with van der Waals surface area (Å²) >= 11 is 0. The van der Waals surface area contributed by atoms with Crippen LogP contribution in [0, 0.1) is 26.7 Å². The first-order chi connectivity index (χ1) is 17.7. The third-order valence-corrected chi connectivity index (χ3v) is 7.59. The molecular formula is C29H38N4O4.